The summed E-state index contributed by atoms with van der Waals surface area (Å²) in [5, 5.41) is 15.9. The fraction of sp³-hybridized carbons (Fsp3) is 0.342. The van der Waals surface area contributed by atoms with Gasteiger partial charge in [0.15, 0.2) is 17.3 Å². The van der Waals surface area contributed by atoms with E-state index in [1.807, 2.05) is 13.8 Å². The molecule has 1 atom stereocenters. The summed E-state index contributed by atoms with van der Waals surface area (Å²) in [6.45, 7) is 10.3. The summed E-state index contributed by atoms with van der Waals surface area (Å²) < 4.78 is 41.3. The molecule has 0 bridgehead atoms. The van der Waals surface area contributed by atoms with Gasteiger partial charge in [0.25, 0.3) is 11.8 Å². The first kappa shape index (κ1) is 39.0. The highest BCUT2D eigenvalue weighted by Gasteiger charge is 2.37. The molecule has 0 fully saturated rings. The first-order chi connectivity index (χ1) is 26.4. The molecule has 0 saturated carbocycles. The predicted molar refractivity (Wildman–Crippen MR) is 207 cm³/mol. The fourth-order valence-corrected chi connectivity index (χ4v) is 7.31. The maximum atomic E-state index is 14.5. The number of aromatic amines is 1. The van der Waals surface area contributed by atoms with Gasteiger partial charge in [0.1, 0.15) is 39.8 Å². The third-order valence-corrected chi connectivity index (χ3v) is 9.11. The summed E-state index contributed by atoms with van der Waals surface area (Å²) in [4.78, 5) is 43.2. The lowest BCUT2D eigenvalue weighted by Crippen LogP contribution is -2.36. The summed E-state index contributed by atoms with van der Waals surface area (Å²) in [5.41, 5.74) is 12.6. The molecule has 0 aliphatic carbocycles. The van der Waals surface area contributed by atoms with Crippen molar-refractivity contribution in [2.24, 2.45) is 16.9 Å². The van der Waals surface area contributed by atoms with E-state index < -0.39 is 35.3 Å². The number of rotatable bonds is 14. The molecule has 0 radical (unpaired) electrons. The predicted octanol–water partition coefficient (Wildman–Crippen LogP) is 5.22. The summed E-state index contributed by atoms with van der Waals surface area (Å²) in [6.07, 6.45) is 1.72. The molecule has 0 saturated heterocycles. The van der Waals surface area contributed by atoms with Crippen LogP contribution in [0.2, 0.25) is 0 Å². The van der Waals surface area contributed by atoms with Crippen molar-refractivity contribution in [3.05, 3.63) is 65.7 Å². The molecule has 7 N–H and O–H groups in total. The Morgan fingerprint density at radius 2 is 1.45 bits per heavy atom. The standard InChI is InChI=1S/C38H45FN10O7/c1-37(2,3)18-38(4,5)46-33-28(19-10-12-20(39)13-11-19)47(35-23(30(41)51)17-43-49(33)35)34(36(52)56-9)45-32-27(44-31-22(29(40)50)16-42-48(31)32)26-24(54-7)14-21(53-6)15-25(26)55-8/h10-17,34,44-46H,18H2,1-9H3,(H2,40,50)(H2,41,51). The van der Waals surface area contributed by atoms with Gasteiger partial charge in [0, 0.05) is 23.2 Å². The molecule has 17 nitrogen and oxygen atoms in total. The molecule has 6 rings (SSSR count). The van der Waals surface area contributed by atoms with Crippen molar-refractivity contribution in [3.63, 3.8) is 0 Å². The van der Waals surface area contributed by atoms with Gasteiger partial charge >= 0.3 is 5.97 Å². The highest BCUT2D eigenvalue weighted by molar-refractivity contribution is 6.02. The highest BCUT2D eigenvalue weighted by atomic mass is 19.1. The lowest BCUT2D eigenvalue weighted by atomic mass is 9.82. The van der Waals surface area contributed by atoms with Gasteiger partial charge in [-0.2, -0.15) is 19.2 Å². The molecular weight excluding hydrogens is 727 g/mol. The minimum absolute atomic E-state index is 0.0289. The van der Waals surface area contributed by atoms with Crippen LogP contribution in [0.4, 0.5) is 16.0 Å². The molecule has 18 heteroatoms. The average molecular weight is 773 g/mol. The number of nitrogens with two attached hydrogens (primary N) is 2. The molecule has 1 unspecified atom stereocenters. The van der Waals surface area contributed by atoms with Gasteiger partial charge < -0.3 is 46.0 Å². The minimum Gasteiger partial charge on any atom is -0.496 e. The number of esters is 1. The number of anilines is 2. The second-order valence-corrected chi connectivity index (χ2v) is 15.0. The Bertz CT molecular complexity index is 2440. The zero-order valence-electron chi connectivity index (χ0n) is 32.5. The highest BCUT2D eigenvalue weighted by Crippen LogP contribution is 2.46. The minimum atomic E-state index is -1.53. The third-order valence-electron chi connectivity index (χ3n) is 9.11. The molecule has 2 aromatic carbocycles. The molecule has 6 aromatic rings. The topological polar surface area (TPSA) is 220 Å². The Balaban J connectivity index is 1.72. The molecule has 0 aliphatic heterocycles. The van der Waals surface area contributed by atoms with Crippen LogP contribution >= 0.6 is 0 Å². The third kappa shape index (κ3) is 7.00. The summed E-state index contributed by atoms with van der Waals surface area (Å²) in [7, 11) is 5.60. The number of carbonyl (C=O) groups excluding carboxylic acids is 3. The van der Waals surface area contributed by atoms with Crippen LogP contribution in [-0.2, 0) is 9.53 Å². The number of fused-ring (bicyclic) bond motifs is 2. The molecule has 0 aliphatic rings. The van der Waals surface area contributed by atoms with Crippen LogP contribution in [-0.4, -0.2) is 80.5 Å². The molecular formula is C38H45FN10O7. The molecule has 56 heavy (non-hydrogen) atoms. The maximum Gasteiger partial charge on any atom is 0.349 e. The van der Waals surface area contributed by atoms with Crippen LogP contribution in [0.15, 0.2) is 48.8 Å². The number of halogens is 1. The van der Waals surface area contributed by atoms with Gasteiger partial charge in [-0.1, -0.05) is 20.8 Å². The fourth-order valence-electron chi connectivity index (χ4n) is 7.31. The smallest absolute Gasteiger partial charge is 0.349 e. The van der Waals surface area contributed by atoms with E-state index in [1.54, 1.807) is 24.3 Å². The summed E-state index contributed by atoms with van der Waals surface area (Å²) in [5.74, 6) is -1.44. The van der Waals surface area contributed by atoms with Crippen molar-refractivity contribution >= 4 is 40.7 Å². The monoisotopic (exact) mass is 772 g/mol. The SMILES string of the molecule is COC(=O)C(Nc1c(-c2c(OC)cc(OC)cc2OC)[nH]c2c(C(N)=O)cnn12)n1c(-c2ccc(F)cc2)c(NC(C)(C)CC(C)(C)C)n2ncc(C(N)=O)c12. The van der Waals surface area contributed by atoms with E-state index in [2.05, 4.69) is 46.6 Å². The lowest BCUT2D eigenvalue weighted by molar-refractivity contribution is -0.143. The van der Waals surface area contributed by atoms with Gasteiger partial charge in [-0.25, -0.2) is 9.18 Å². The number of ether oxygens (including phenoxy) is 4. The van der Waals surface area contributed by atoms with Crippen LogP contribution in [0.25, 0.3) is 33.8 Å². The molecule has 296 valence electrons. The van der Waals surface area contributed by atoms with Crippen molar-refractivity contribution in [2.75, 3.05) is 39.1 Å². The van der Waals surface area contributed by atoms with E-state index >= 15 is 0 Å². The van der Waals surface area contributed by atoms with Crippen molar-refractivity contribution in [1.82, 2.24) is 28.8 Å². The number of imidazole rings is 2. The number of amides is 2. The molecule has 2 amide bonds. The van der Waals surface area contributed by atoms with E-state index in [-0.39, 0.29) is 39.3 Å². The normalized spacial score (nSPS) is 12.5. The van der Waals surface area contributed by atoms with E-state index in [9.17, 15) is 18.8 Å². The number of hydrogen-bond donors (Lipinski definition) is 5. The Morgan fingerprint density at radius 3 is 1.98 bits per heavy atom. The van der Waals surface area contributed by atoms with Crippen molar-refractivity contribution in [2.45, 2.75) is 52.7 Å². The van der Waals surface area contributed by atoms with Crippen LogP contribution in [0.3, 0.4) is 0 Å². The van der Waals surface area contributed by atoms with Crippen LogP contribution in [0.5, 0.6) is 17.2 Å². The Morgan fingerprint density at radius 1 is 0.857 bits per heavy atom. The maximum absolute atomic E-state index is 14.5. The largest absolute Gasteiger partial charge is 0.496 e. The van der Waals surface area contributed by atoms with E-state index in [1.165, 1.54) is 66.6 Å². The van der Waals surface area contributed by atoms with Gasteiger partial charge in [0.05, 0.1) is 57.8 Å². The van der Waals surface area contributed by atoms with Crippen molar-refractivity contribution < 1.29 is 37.7 Å². The summed E-state index contributed by atoms with van der Waals surface area (Å²) >= 11 is 0. The Hall–Kier alpha value is -6.72. The van der Waals surface area contributed by atoms with Crippen LogP contribution < -0.4 is 36.3 Å². The Labute approximate surface area is 321 Å². The number of aromatic nitrogens is 6. The summed E-state index contributed by atoms with van der Waals surface area (Å²) in [6, 6.07) is 8.90. The van der Waals surface area contributed by atoms with E-state index in [4.69, 9.17) is 30.4 Å². The number of H-pyrrole nitrogens is 1. The van der Waals surface area contributed by atoms with E-state index in [0.29, 0.717) is 46.3 Å². The number of nitrogens with zero attached hydrogens (tertiary/aromatic N) is 5. The van der Waals surface area contributed by atoms with Crippen molar-refractivity contribution in [1.29, 1.82) is 0 Å². The van der Waals surface area contributed by atoms with Crippen LogP contribution in [0.1, 0.15) is 67.9 Å². The van der Waals surface area contributed by atoms with Gasteiger partial charge in [-0.3, -0.25) is 14.2 Å². The first-order valence-corrected chi connectivity index (χ1v) is 17.4. The lowest BCUT2D eigenvalue weighted by Gasteiger charge is -2.34. The zero-order chi connectivity index (χ0) is 40.9. The zero-order valence-corrected chi connectivity index (χ0v) is 32.5. The quantitative estimate of drug-likeness (QED) is 0.0904. The molecule has 0 spiro atoms. The Kier molecular flexibility index (Phi) is 10.1. The number of primary amides is 2. The number of carbonyl (C=O) groups is 3. The first-order valence-electron chi connectivity index (χ1n) is 17.4. The number of benzene rings is 2. The number of methoxy groups -OCH3 is 4. The van der Waals surface area contributed by atoms with Crippen LogP contribution in [0, 0.1) is 11.2 Å². The number of hydrogen-bond acceptors (Lipinski definition) is 11. The second kappa shape index (κ2) is 14.5. The molecule has 4 heterocycles. The van der Waals surface area contributed by atoms with E-state index in [0.717, 1.165) is 0 Å². The second-order valence-electron chi connectivity index (χ2n) is 15.0. The van der Waals surface area contributed by atoms with Gasteiger partial charge in [0.2, 0.25) is 6.17 Å². The van der Waals surface area contributed by atoms with Gasteiger partial charge in [-0.15, -0.1) is 0 Å². The number of nitrogens with one attached hydrogen (secondary N) is 3. The van der Waals surface area contributed by atoms with Crippen molar-refractivity contribution in [3.8, 4) is 39.8 Å². The molecule has 4 aromatic heterocycles. The van der Waals surface area contributed by atoms with Gasteiger partial charge in [-0.05, 0) is 49.9 Å². The average Bonchev–Trinajstić information content (AvgIpc) is 3.90.